The summed E-state index contributed by atoms with van der Waals surface area (Å²) in [5.74, 6) is 0.647. The molecule has 1 amide bonds. The lowest BCUT2D eigenvalue weighted by Crippen LogP contribution is -2.39. The molecule has 1 saturated heterocycles. The van der Waals surface area contributed by atoms with Gasteiger partial charge in [-0.05, 0) is 44.2 Å². The summed E-state index contributed by atoms with van der Waals surface area (Å²) >= 11 is 1.60. The first kappa shape index (κ1) is 19.1. The lowest BCUT2D eigenvalue weighted by molar-refractivity contribution is -0.126. The number of thiophene rings is 1. The van der Waals surface area contributed by atoms with Crippen molar-refractivity contribution in [3.63, 3.8) is 0 Å². The first-order chi connectivity index (χ1) is 12.7. The standard InChI is InChI=1S/C19H27N3O3S/c1-15-6-2-3-9-22(15)10-5-8-20-19(23)14-24-13-16-12-17(25-21-16)18-7-4-11-26-18/h4,7,11-12,15H,2-3,5-6,8-10,13-14H2,1H3,(H,20,23). The third-order valence-electron chi connectivity index (χ3n) is 4.69. The number of piperidine rings is 1. The lowest BCUT2D eigenvalue weighted by Gasteiger charge is -2.33. The molecule has 1 aliphatic rings. The molecule has 1 unspecified atom stereocenters. The van der Waals surface area contributed by atoms with Crippen molar-refractivity contribution < 1.29 is 14.1 Å². The Morgan fingerprint density at radius 3 is 3.23 bits per heavy atom. The van der Waals surface area contributed by atoms with Gasteiger partial charge in [-0.1, -0.05) is 17.6 Å². The Balaban J connectivity index is 1.27. The number of carbonyl (C=O) groups is 1. The van der Waals surface area contributed by atoms with Gasteiger partial charge in [-0.25, -0.2) is 0 Å². The highest BCUT2D eigenvalue weighted by Crippen LogP contribution is 2.25. The maximum absolute atomic E-state index is 11.8. The zero-order chi connectivity index (χ0) is 18.2. The molecular weight excluding hydrogens is 350 g/mol. The van der Waals surface area contributed by atoms with Crippen LogP contribution < -0.4 is 5.32 Å². The van der Waals surface area contributed by atoms with Crippen molar-refractivity contribution in [1.29, 1.82) is 0 Å². The highest BCUT2D eigenvalue weighted by Gasteiger charge is 2.17. The van der Waals surface area contributed by atoms with E-state index in [1.54, 1.807) is 11.3 Å². The summed E-state index contributed by atoms with van der Waals surface area (Å²) in [6, 6.07) is 6.47. The molecule has 1 fully saturated rings. The number of nitrogens with one attached hydrogen (secondary N) is 1. The SMILES string of the molecule is CC1CCCCN1CCCNC(=O)COCc1cc(-c2cccs2)on1. The second-order valence-electron chi connectivity index (χ2n) is 6.74. The van der Waals surface area contributed by atoms with Crippen LogP contribution >= 0.6 is 11.3 Å². The molecule has 2 aromatic rings. The van der Waals surface area contributed by atoms with E-state index in [4.69, 9.17) is 9.26 Å². The van der Waals surface area contributed by atoms with Crippen molar-refractivity contribution in [3.05, 3.63) is 29.3 Å². The molecule has 0 aliphatic carbocycles. The van der Waals surface area contributed by atoms with Crippen LogP contribution in [-0.4, -0.2) is 48.2 Å². The first-order valence-electron chi connectivity index (χ1n) is 9.30. The third-order valence-corrected chi connectivity index (χ3v) is 5.58. The highest BCUT2D eigenvalue weighted by molar-refractivity contribution is 7.13. The van der Waals surface area contributed by atoms with Crippen LogP contribution in [-0.2, 0) is 16.1 Å². The third kappa shape index (κ3) is 5.65. The summed E-state index contributed by atoms with van der Waals surface area (Å²) in [6.45, 7) is 5.53. The Hall–Kier alpha value is -1.70. The van der Waals surface area contributed by atoms with Gasteiger partial charge in [-0.2, -0.15) is 0 Å². The van der Waals surface area contributed by atoms with E-state index in [1.807, 2.05) is 23.6 Å². The predicted octanol–water partition coefficient (Wildman–Crippen LogP) is 3.30. The summed E-state index contributed by atoms with van der Waals surface area (Å²) in [7, 11) is 0. The Kier molecular flexibility index (Phi) is 7.22. The number of hydrogen-bond acceptors (Lipinski definition) is 6. The molecule has 26 heavy (non-hydrogen) atoms. The number of amides is 1. The number of carbonyl (C=O) groups excluding carboxylic acids is 1. The molecule has 1 atom stereocenters. The van der Waals surface area contributed by atoms with Crippen LogP contribution in [0.5, 0.6) is 0 Å². The van der Waals surface area contributed by atoms with E-state index < -0.39 is 0 Å². The van der Waals surface area contributed by atoms with Gasteiger partial charge in [0.15, 0.2) is 5.76 Å². The summed E-state index contributed by atoms with van der Waals surface area (Å²) in [6.07, 6.45) is 4.90. The zero-order valence-electron chi connectivity index (χ0n) is 15.3. The zero-order valence-corrected chi connectivity index (χ0v) is 16.1. The summed E-state index contributed by atoms with van der Waals surface area (Å²) < 4.78 is 10.7. The van der Waals surface area contributed by atoms with E-state index in [-0.39, 0.29) is 19.1 Å². The summed E-state index contributed by atoms with van der Waals surface area (Å²) in [4.78, 5) is 15.4. The molecule has 7 heteroatoms. The molecule has 0 radical (unpaired) electrons. The van der Waals surface area contributed by atoms with Crippen molar-refractivity contribution in [2.24, 2.45) is 0 Å². The molecule has 2 aromatic heterocycles. The Bertz CT molecular complexity index is 671. The van der Waals surface area contributed by atoms with Gasteiger partial charge >= 0.3 is 0 Å². The fourth-order valence-electron chi connectivity index (χ4n) is 3.21. The molecule has 1 N–H and O–H groups in total. The number of hydrogen-bond donors (Lipinski definition) is 1. The molecule has 0 spiro atoms. The fraction of sp³-hybridized carbons (Fsp3) is 0.579. The number of aromatic nitrogens is 1. The van der Waals surface area contributed by atoms with Crippen LogP contribution in [0.25, 0.3) is 10.6 Å². The maximum atomic E-state index is 11.8. The monoisotopic (exact) mass is 377 g/mol. The summed E-state index contributed by atoms with van der Waals surface area (Å²) in [5.41, 5.74) is 0.695. The van der Waals surface area contributed by atoms with Gasteiger partial charge in [0, 0.05) is 25.2 Å². The largest absolute Gasteiger partial charge is 0.365 e. The second-order valence-corrected chi connectivity index (χ2v) is 7.68. The molecule has 0 bridgehead atoms. The molecule has 0 saturated carbocycles. The van der Waals surface area contributed by atoms with Crippen LogP contribution in [0.2, 0.25) is 0 Å². The van der Waals surface area contributed by atoms with E-state index in [0.717, 1.165) is 23.6 Å². The fourth-order valence-corrected chi connectivity index (χ4v) is 3.89. The summed E-state index contributed by atoms with van der Waals surface area (Å²) in [5, 5.41) is 8.88. The maximum Gasteiger partial charge on any atom is 0.246 e. The average molecular weight is 378 g/mol. The van der Waals surface area contributed by atoms with E-state index in [0.29, 0.717) is 18.3 Å². The predicted molar refractivity (Wildman–Crippen MR) is 102 cm³/mol. The average Bonchev–Trinajstić information content (AvgIpc) is 3.31. The first-order valence-corrected chi connectivity index (χ1v) is 10.2. The molecule has 3 rings (SSSR count). The van der Waals surface area contributed by atoms with Gasteiger partial charge in [0.1, 0.15) is 12.3 Å². The number of likely N-dealkylation sites (tertiary alicyclic amines) is 1. The minimum atomic E-state index is -0.0846. The van der Waals surface area contributed by atoms with Crippen LogP contribution in [0.1, 0.15) is 38.3 Å². The molecule has 0 aromatic carbocycles. The molecule has 1 aliphatic heterocycles. The highest BCUT2D eigenvalue weighted by atomic mass is 32.1. The van der Waals surface area contributed by atoms with Crippen molar-refractivity contribution in [3.8, 4) is 10.6 Å². The number of nitrogens with zero attached hydrogens (tertiary/aromatic N) is 2. The van der Waals surface area contributed by atoms with E-state index in [9.17, 15) is 4.79 Å². The molecule has 142 valence electrons. The van der Waals surface area contributed by atoms with Gasteiger partial charge in [0.25, 0.3) is 0 Å². The lowest BCUT2D eigenvalue weighted by atomic mass is 10.0. The van der Waals surface area contributed by atoms with Gasteiger partial charge < -0.3 is 19.5 Å². The van der Waals surface area contributed by atoms with Gasteiger partial charge in [0.05, 0.1) is 11.5 Å². The second kappa shape index (κ2) is 9.85. The van der Waals surface area contributed by atoms with E-state index >= 15 is 0 Å². The quantitative estimate of drug-likeness (QED) is 0.679. The smallest absolute Gasteiger partial charge is 0.246 e. The van der Waals surface area contributed by atoms with Crippen LogP contribution in [0.4, 0.5) is 0 Å². The minimum Gasteiger partial charge on any atom is -0.365 e. The van der Waals surface area contributed by atoms with Crippen LogP contribution in [0.3, 0.4) is 0 Å². The Labute approximate surface area is 158 Å². The number of ether oxygens (including phenoxy) is 1. The van der Waals surface area contributed by atoms with Gasteiger partial charge in [-0.3, -0.25) is 4.79 Å². The Morgan fingerprint density at radius 1 is 1.50 bits per heavy atom. The molecular formula is C19H27N3O3S. The van der Waals surface area contributed by atoms with E-state index in [2.05, 4.69) is 22.3 Å². The molecule has 6 nitrogen and oxygen atoms in total. The normalized spacial score (nSPS) is 18.1. The topological polar surface area (TPSA) is 67.6 Å². The van der Waals surface area contributed by atoms with Crippen LogP contribution in [0, 0.1) is 0 Å². The van der Waals surface area contributed by atoms with Crippen molar-refractivity contribution in [2.75, 3.05) is 26.2 Å². The van der Waals surface area contributed by atoms with Crippen molar-refractivity contribution >= 4 is 17.2 Å². The van der Waals surface area contributed by atoms with Crippen molar-refractivity contribution in [2.45, 2.75) is 45.3 Å². The van der Waals surface area contributed by atoms with Crippen LogP contribution in [0.15, 0.2) is 28.1 Å². The van der Waals surface area contributed by atoms with Crippen molar-refractivity contribution in [1.82, 2.24) is 15.4 Å². The van der Waals surface area contributed by atoms with E-state index in [1.165, 1.54) is 25.8 Å². The van der Waals surface area contributed by atoms with Gasteiger partial charge in [0.2, 0.25) is 5.91 Å². The Morgan fingerprint density at radius 2 is 2.42 bits per heavy atom. The number of rotatable bonds is 9. The minimum absolute atomic E-state index is 0.0430. The van der Waals surface area contributed by atoms with Gasteiger partial charge in [-0.15, -0.1) is 11.3 Å². The molecule has 3 heterocycles.